The fourth-order valence-electron chi connectivity index (χ4n) is 2.91. The summed E-state index contributed by atoms with van der Waals surface area (Å²) in [7, 11) is 3.31. The van der Waals surface area contributed by atoms with Crippen molar-refractivity contribution in [1.29, 1.82) is 0 Å². The van der Waals surface area contributed by atoms with Crippen LogP contribution in [0.3, 0.4) is 0 Å². The lowest BCUT2D eigenvalue weighted by Gasteiger charge is -2.04. The number of nitrogens with zero attached hydrogens (tertiary/aromatic N) is 1. The number of oxazole rings is 1. The van der Waals surface area contributed by atoms with Crippen molar-refractivity contribution >= 4 is 0 Å². The highest BCUT2D eigenvalue weighted by molar-refractivity contribution is 5.79. The maximum atomic E-state index is 6.19. The molecule has 0 saturated carbocycles. The van der Waals surface area contributed by atoms with Gasteiger partial charge in [-0.2, -0.15) is 0 Å². The topological polar surface area (TPSA) is 44.5 Å². The van der Waals surface area contributed by atoms with Crippen LogP contribution in [-0.4, -0.2) is 19.2 Å². The molecular formula is C23H19NO3. The summed E-state index contributed by atoms with van der Waals surface area (Å²) in [6, 6.07) is 25.5. The van der Waals surface area contributed by atoms with Crippen LogP contribution in [0.15, 0.2) is 83.3 Å². The molecule has 1 heterocycles. The maximum Gasteiger partial charge on any atom is 0.227 e. The van der Waals surface area contributed by atoms with E-state index < -0.39 is 0 Å². The Hall–Kier alpha value is -3.53. The Bertz CT molecular complexity index is 955. The van der Waals surface area contributed by atoms with Crippen molar-refractivity contribution in [2.24, 2.45) is 0 Å². The smallest absolute Gasteiger partial charge is 0.227 e. The maximum absolute atomic E-state index is 6.19. The van der Waals surface area contributed by atoms with Gasteiger partial charge in [0, 0.05) is 16.7 Å². The normalized spacial score (nSPS) is 10.6. The summed E-state index contributed by atoms with van der Waals surface area (Å²) in [5, 5.41) is 0. The summed E-state index contributed by atoms with van der Waals surface area (Å²) in [6.07, 6.45) is 0. The third-order valence-corrected chi connectivity index (χ3v) is 4.36. The van der Waals surface area contributed by atoms with Crippen LogP contribution in [-0.2, 0) is 0 Å². The third-order valence-electron chi connectivity index (χ3n) is 4.36. The van der Waals surface area contributed by atoms with Gasteiger partial charge in [-0.05, 0) is 60.7 Å². The van der Waals surface area contributed by atoms with E-state index in [1.54, 1.807) is 14.2 Å². The standard InChI is InChI=1S/C23H19NO3/c1-25-19-12-8-16(9-13-19)21-22(17-10-14-20(26-2)15-11-17)27-23(24-21)18-6-4-3-5-7-18/h3-15H,1-2H3. The molecule has 1 aromatic heterocycles. The van der Waals surface area contributed by atoms with Crippen molar-refractivity contribution < 1.29 is 13.9 Å². The molecule has 0 bridgehead atoms. The minimum atomic E-state index is 0.590. The Morgan fingerprint density at radius 1 is 0.630 bits per heavy atom. The Balaban J connectivity index is 1.85. The van der Waals surface area contributed by atoms with Crippen molar-refractivity contribution in [3.63, 3.8) is 0 Å². The second-order valence-electron chi connectivity index (χ2n) is 6.02. The van der Waals surface area contributed by atoms with Crippen molar-refractivity contribution in [2.45, 2.75) is 0 Å². The lowest BCUT2D eigenvalue weighted by molar-refractivity contribution is 0.414. The largest absolute Gasteiger partial charge is 0.497 e. The molecule has 0 unspecified atom stereocenters. The molecule has 0 N–H and O–H groups in total. The Labute approximate surface area is 158 Å². The number of benzene rings is 3. The summed E-state index contributed by atoms with van der Waals surface area (Å²) in [4.78, 5) is 4.79. The van der Waals surface area contributed by atoms with Gasteiger partial charge in [0.05, 0.1) is 14.2 Å². The first-order valence-corrected chi connectivity index (χ1v) is 8.63. The van der Waals surface area contributed by atoms with Crippen LogP contribution in [0.4, 0.5) is 0 Å². The zero-order valence-electron chi connectivity index (χ0n) is 15.2. The van der Waals surface area contributed by atoms with E-state index in [1.165, 1.54) is 0 Å². The fourth-order valence-corrected chi connectivity index (χ4v) is 2.91. The summed E-state index contributed by atoms with van der Waals surface area (Å²) in [5.74, 6) is 2.91. The first kappa shape index (κ1) is 16.9. The van der Waals surface area contributed by atoms with Crippen LogP contribution in [0.1, 0.15) is 0 Å². The van der Waals surface area contributed by atoms with E-state index in [1.807, 2.05) is 78.9 Å². The van der Waals surface area contributed by atoms with Crippen LogP contribution < -0.4 is 9.47 Å². The molecule has 4 rings (SSSR count). The first-order chi connectivity index (χ1) is 13.3. The predicted molar refractivity (Wildman–Crippen MR) is 106 cm³/mol. The SMILES string of the molecule is COc1ccc(-c2nc(-c3ccccc3)oc2-c2ccc(OC)cc2)cc1. The highest BCUT2D eigenvalue weighted by Crippen LogP contribution is 2.37. The van der Waals surface area contributed by atoms with Gasteiger partial charge in [-0.25, -0.2) is 4.98 Å². The van der Waals surface area contributed by atoms with E-state index in [0.29, 0.717) is 5.89 Å². The van der Waals surface area contributed by atoms with Gasteiger partial charge < -0.3 is 13.9 Å². The van der Waals surface area contributed by atoms with Gasteiger partial charge in [0.1, 0.15) is 17.2 Å². The summed E-state index contributed by atoms with van der Waals surface area (Å²) < 4.78 is 16.7. The molecule has 4 heteroatoms. The Kier molecular flexibility index (Phi) is 4.62. The second-order valence-corrected chi connectivity index (χ2v) is 6.02. The van der Waals surface area contributed by atoms with E-state index in [0.717, 1.165) is 39.6 Å². The molecule has 0 amide bonds. The molecule has 0 atom stereocenters. The van der Waals surface area contributed by atoms with Crippen molar-refractivity contribution in [3.05, 3.63) is 78.9 Å². The second kappa shape index (κ2) is 7.38. The summed E-state index contributed by atoms with van der Waals surface area (Å²) in [6.45, 7) is 0. The zero-order chi connectivity index (χ0) is 18.6. The van der Waals surface area contributed by atoms with Gasteiger partial charge in [-0.1, -0.05) is 18.2 Å². The van der Waals surface area contributed by atoms with Crippen LogP contribution in [0, 0.1) is 0 Å². The number of hydrogen-bond donors (Lipinski definition) is 0. The van der Waals surface area contributed by atoms with Crippen molar-refractivity contribution in [2.75, 3.05) is 14.2 Å². The highest BCUT2D eigenvalue weighted by atomic mass is 16.5. The van der Waals surface area contributed by atoms with E-state index >= 15 is 0 Å². The molecule has 0 aliphatic heterocycles. The van der Waals surface area contributed by atoms with Gasteiger partial charge in [-0.15, -0.1) is 0 Å². The van der Waals surface area contributed by atoms with Crippen LogP contribution in [0.25, 0.3) is 34.0 Å². The molecule has 0 radical (unpaired) electrons. The summed E-state index contributed by atoms with van der Waals surface area (Å²) in [5.41, 5.74) is 3.64. The van der Waals surface area contributed by atoms with E-state index in [9.17, 15) is 0 Å². The minimum absolute atomic E-state index is 0.590. The van der Waals surface area contributed by atoms with Gasteiger partial charge >= 0.3 is 0 Å². The first-order valence-electron chi connectivity index (χ1n) is 8.63. The molecule has 0 aliphatic rings. The molecular weight excluding hydrogens is 338 g/mol. The van der Waals surface area contributed by atoms with Gasteiger partial charge in [-0.3, -0.25) is 0 Å². The van der Waals surface area contributed by atoms with Crippen LogP contribution >= 0.6 is 0 Å². The quantitative estimate of drug-likeness (QED) is 0.460. The number of hydrogen-bond acceptors (Lipinski definition) is 4. The molecule has 4 nitrogen and oxygen atoms in total. The van der Waals surface area contributed by atoms with Gasteiger partial charge in [0.15, 0.2) is 5.76 Å². The van der Waals surface area contributed by atoms with Gasteiger partial charge in [0.25, 0.3) is 0 Å². The predicted octanol–water partition coefficient (Wildman–Crippen LogP) is 5.69. The zero-order valence-corrected chi connectivity index (χ0v) is 15.2. The van der Waals surface area contributed by atoms with Crippen LogP contribution in [0.5, 0.6) is 11.5 Å². The number of rotatable bonds is 5. The molecule has 27 heavy (non-hydrogen) atoms. The molecule has 0 aliphatic carbocycles. The lowest BCUT2D eigenvalue weighted by Crippen LogP contribution is -1.86. The average Bonchev–Trinajstić information content (AvgIpc) is 3.20. The summed E-state index contributed by atoms with van der Waals surface area (Å²) >= 11 is 0. The Morgan fingerprint density at radius 2 is 1.19 bits per heavy atom. The number of methoxy groups -OCH3 is 2. The fraction of sp³-hybridized carbons (Fsp3) is 0.0870. The van der Waals surface area contributed by atoms with E-state index in [4.69, 9.17) is 18.9 Å². The monoisotopic (exact) mass is 357 g/mol. The molecule has 0 fully saturated rings. The highest BCUT2D eigenvalue weighted by Gasteiger charge is 2.18. The minimum Gasteiger partial charge on any atom is -0.497 e. The van der Waals surface area contributed by atoms with Crippen LogP contribution in [0.2, 0.25) is 0 Å². The van der Waals surface area contributed by atoms with E-state index in [2.05, 4.69) is 0 Å². The molecule has 134 valence electrons. The number of ether oxygens (including phenoxy) is 2. The van der Waals surface area contributed by atoms with E-state index in [-0.39, 0.29) is 0 Å². The average molecular weight is 357 g/mol. The third kappa shape index (κ3) is 3.42. The van der Waals surface area contributed by atoms with Crippen molar-refractivity contribution in [1.82, 2.24) is 4.98 Å². The molecule has 3 aromatic carbocycles. The number of aromatic nitrogens is 1. The van der Waals surface area contributed by atoms with Gasteiger partial charge in [0.2, 0.25) is 5.89 Å². The molecule has 4 aromatic rings. The molecule has 0 spiro atoms. The van der Waals surface area contributed by atoms with Crippen molar-refractivity contribution in [3.8, 4) is 45.5 Å². The Morgan fingerprint density at radius 3 is 1.74 bits per heavy atom. The lowest BCUT2D eigenvalue weighted by atomic mass is 10.1. The molecule has 0 saturated heterocycles.